The van der Waals surface area contributed by atoms with Crippen LogP contribution in [0.2, 0.25) is 0 Å². The Morgan fingerprint density at radius 1 is 1.27 bits per heavy atom. The number of aliphatic hydroxyl groups is 1. The van der Waals surface area contributed by atoms with Crippen molar-refractivity contribution in [3.8, 4) is 5.75 Å². The first-order valence-electron chi connectivity index (χ1n) is 11.3. The maximum absolute atomic E-state index is 13.6. The van der Waals surface area contributed by atoms with Crippen molar-refractivity contribution in [2.45, 2.75) is 49.3 Å². The highest BCUT2D eigenvalue weighted by Crippen LogP contribution is 2.31. The van der Waals surface area contributed by atoms with E-state index in [4.69, 9.17) is 4.74 Å². The van der Waals surface area contributed by atoms with Gasteiger partial charge >= 0.3 is 0 Å². The van der Waals surface area contributed by atoms with Crippen molar-refractivity contribution in [2.75, 3.05) is 26.2 Å². The number of amides is 1. The molecule has 1 amide bonds. The van der Waals surface area contributed by atoms with E-state index in [9.17, 15) is 18.3 Å². The van der Waals surface area contributed by atoms with Crippen LogP contribution in [0.1, 0.15) is 30.9 Å². The molecule has 2 heterocycles. The topological polar surface area (TPSA) is 108 Å². The molecule has 0 aromatic heterocycles. The molecule has 0 aliphatic carbocycles. The van der Waals surface area contributed by atoms with Gasteiger partial charge in [0, 0.05) is 19.5 Å². The molecule has 178 valence electrons. The van der Waals surface area contributed by atoms with Gasteiger partial charge in [0.05, 0.1) is 29.7 Å². The molecular weight excluding hydrogens is 442 g/mol. The minimum atomic E-state index is -4.17. The third-order valence-corrected chi connectivity index (χ3v) is 7.99. The summed E-state index contributed by atoms with van der Waals surface area (Å²) in [5.41, 5.74) is 0.872. The maximum atomic E-state index is 13.6. The molecule has 9 heteroatoms. The quantitative estimate of drug-likeness (QED) is 0.506. The molecule has 1 fully saturated rings. The van der Waals surface area contributed by atoms with Gasteiger partial charge < -0.3 is 20.5 Å². The molecule has 0 radical (unpaired) electrons. The molecule has 3 N–H and O–H groups in total. The van der Waals surface area contributed by atoms with Crippen LogP contribution in [0.25, 0.3) is 0 Å². The van der Waals surface area contributed by atoms with Crippen molar-refractivity contribution in [1.82, 2.24) is 14.9 Å². The lowest BCUT2D eigenvalue weighted by Crippen LogP contribution is -2.56. The molecule has 2 aromatic carbocycles. The lowest BCUT2D eigenvalue weighted by Gasteiger charge is -2.32. The highest BCUT2D eigenvalue weighted by molar-refractivity contribution is 7.89. The van der Waals surface area contributed by atoms with Crippen molar-refractivity contribution >= 4 is 15.9 Å². The summed E-state index contributed by atoms with van der Waals surface area (Å²) in [4.78, 5) is 13.5. The van der Waals surface area contributed by atoms with Crippen LogP contribution in [0.4, 0.5) is 0 Å². The average Bonchev–Trinajstić information content (AvgIpc) is 3.47. The Kier molecular flexibility index (Phi) is 7.04. The van der Waals surface area contributed by atoms with E-state index in [0.29, 0.717) is 38.3 Å². The summed E-state index contributed by atoms with van der Waals surface area (Å²) < 4.78 is 33.5. The molecule has 2 atom stereocenters. The molecule has 2 aromatic rings. The molecule has 0 unspecified atom stereocenters. The monoisotopic (exact) mass is 473 g/mol. The van der Waals surface area contributed by atoms with E-state index < -0.39 is 27.6 Å². The molecule has 4 rings (SSSR count). The van der Waals surface area contributed by atoms with Crippen molar-refractivity contribution in [3.63, 3.8) is 0 Å². The highest BCUT2D eigenvalue weighted by atomic mass is 32.2. The Morgan fingerprint density at radius 3 is 2.79 bits per heavy atom. The van der Waals surface area contributed by atoms with Crippen LogP contribution in [-0.4, -0.2) is 61.6 Å². The van der Waals surface area contributed by atoms with Crippen LogP contribution in [0.15, 0.2) is 53.4 Å². The number of aliphatic hydroxyl groups excluding tert-OH is 1. The number of carbonyl (C=O) groups is 1. The van der Waals surface area contributed by atoms with Gasteiger partial charge in [-0.2, -0.15) is 0 Å². The van der Waals surface area contributed by atoms with Crippen molar-refractivity contribution in [1.29, 1.82) is 0 Å². The Labute approximate surface area is 195 Å². The number of nitrogens with zero attached hydrogens (tertiary/aromatic N) is 1. The van der Waals surface area contributed by atoms with Crippen molar-refractivity contribution < 1.29 is 23.1 Å². The third kappa shape index (κ3) is 5.22. The molecular formula is C24H31N3O5S. The van der Waals surface area contributed by atoms with E-state index in [1.165, 1.54) is 6.07 Å². The first kappa shape index (κ1) is 23.7. The predicted molar refractivity (Wildman–Crippen MR) is 124 cm³/mol. The van der Waals surface area contributed by atoms with Gasteiger partial charge in [0.25, 0.3) is 15.9 Å². The van der Waals surface area contributed by atoms with Crippen LogP contribution < -0.4 is 15.4 Å². The van der Waals surface area contributed by atoms with Crippen LogP contribution in [0.3, 0.4) is 0 Å². The maximum Gasteiger partial charge on any atom is 0.266 e. The van der Waals surface area contributed by atoms with Crippen molar-refractivity contribution in [2.24, 2.45) is 0 Å². The summed E-state index contributed by atoms with van der Waals surface area (Å²) in [5.74, 6) is 0.125. The first-order valence-corrected chi connectivity index (χ1v) is 12.7. The number of fused-ring (bicyclic) bond motifs is 1. The standard InChI is InChI=1S/C24H31N3O5S/c1-24(11-5-12-26-24)23(29)27(17-20(28)16-25-15-18-6-3-2-4-7-18)33(30,31)21-8-9-22-19(14-21)10-13-32-22/h2-4,6-9,14,20,25-26,28H,5,10-13,15-17H2,1H3/t20-,24+/m1/s1. The summed E-state index contributed by atoms with van der Waals surface area (Å²) in [6, 6.07) is 14.4. The fourth-order valence-corrected chi connectivity index (χ4v) is 5.90. The Hall–Kier alpha value is -2.46. The second-order valence-electron chi connectivity index (χ2n) is 8.84. The normalized spacial score (nSPS) is 20.8. The van der Waals surface area contributed by atoms with Gasteiger partial charge in [-0.3, -0.25) is 4.79 Å². The predicted octanol–water partition coefficient (Wildman–Crippen LogP) is 1.43. The molecule has 1 saturated heterocycles. The summed E-state index contributed by atoms with van der Waals surface area (Å²) in [6.45, 7) is 3.23. The van der Waals surface area contributed by atoms with E-state index in [-0.39, 0.29) is 18.0 Å². The Morgan fingerprint density at radius 2 is 2.06 bits per heavy atom. The summed E-state index contributed by atoms with van der Waals surface area (Å²) in [6.07, 6.45) is 0.888. The number of hydrogen-bond donors (Lipinski definition) is 3. The number of nitrogens with one attached hydrogen (secondary N) is 2. The number of benzene rings is 2. The largest absolute Gasteiger partial charge is 0.493 e. The smallest absolute Gasteiger partial charge is 0.266 e. The zero-order valence-electron chi connectivity index (χ0n) is 18.8. The van der Waals surface area contributed by atoms with Gasteiger partial charge in [0.1, 0.15) is 5.75 Å². The van der Waals surface area contributed by atoms with E-state index >= 15 is 0 Å². The van der Waals surface area contributed by atoms with E-state index in [1.54, 1.807) is 19.1 Å². The zero-order chi connectivity index (χ0) is 23.5. The number of rotatable bonds is 9. The van der Waals surface area contributed by atoms with Gasteiger partial charge in [0.2, 0.25) is 0 Å². The SMILES string of the molecule is C[C@@]1(C(=O)N(C[C@H](O)CNCc2ccccc2)S(=O)(=O)c2ccc3c(c2)CCO3)CCCN1. The molecule has 0 bridgehead atoms. The summed E-state index contributed by atoms with van der Waals surface area (Å²) in [7, 11) is -4.17. The van der Waals surface area contributed by atoms with Crippen LogP contribution in [-0.2, 0) is 27.8 Å². The minimum absolute atomic E-state index is 0.0335. The molecule has 2 aliphatic rings. The number of ether oxygens (including phenoxy) is 1. The number of hydrogen-bond acceptors (Lipinski definition) is 7. The lowest BCUT2D eigenvalue weighted by molar-refractivity contribution is -0.133. The molecule has 33 heavy (non-hydrogen) atoms. The van der Waals surface area contributed by atoms with E-state index in [1.807, 2.05) is 30.3 Å². The van der Waals surface area contributed by atoms with Crippen LogP contribution in [0, 0.1) is 0 Å². The molecule has 0 spiro atoms. The van der Waals surface area contributed by atoms with E-state index in [2.05, 4.69) is 10.6 Å². The second kappa shape index (κ2) is 9.80. The van der Waals surface area contributed by atoms with Gasteiger partial charge in [0.15, 0.2) is 0 Å². The zero-order valence-corrected chi connectivity index (χ0v) is 19.6. The fourth-order valence-electron chi connectivity index (χ4n) is 4.33. The van der Waals surface area contributed by atoms with Gasteiger partial charge in [-0.25, -0.2) is 12.7 Å². The Balaban J connectivity index is 1.53. The van der Waals surface area contributed by atoms with E-state index in [0.717, 1.165) is 21.9 Å². The van der Waals surface area contributed by atoms with Gasteiger partial charge in [-0.1, -0.05) is 30.3 Å². The third-order valence-electron chi connectivity index (χ3n) is 6.24. The Bertz CT molecular complexity index is 1080. The lowest BCUT2D eigenvalue weighted by atomic mass is 9.99. The van der Waals surface area contributed by atoms with Gasteiger partial charge in [-0.05, 0) is 55.6 Å². The van der Waals surface area contributed by atoms with Crippen LogP contribution >= 0.6 is 0 Å². The first-order chi connectivity index (χ1) is 15.8. The van der Waals surface area contributed by atoms with Crippen LogP contribution in [0.5, 0.6) is 5.75 Å². The minimum Gasteiger partial charge on any atom is -0.493 e. The molecule has 0 saturated carbocycles. The second-order valence-corrected chi connectivity index (χ2v) is 10.7. The number of sulfonamides is 1. The van der Waals surface area contributed by atoms with Gasteiger partial charge in [-0.15, -0.1) is 0 Å². The number of carbonyl (C=O) groups excluding carboxylic acids is 1. The van der Waals surface area contributed by atoms with Crippen molar-refractivity contribution in [3.05, 3.63) is 59.7 Å². The average molecular weight is 474 g/mol. The molecule has 2 aliphatic heterocycles. The summed E-state index contributed by atoms with van der Waals surface area (Å²) >= 11 is 0. The fraction of sp³-hybridized carbons (Fsp3) is 0.458. The highest BCUT2D eigenvalue weighted by Gasteiger charge is 2.44. The summed E-state index contributed by atoms with van der Waals surface area (Å²) in [5, 5.41) is 17.0. The molecule has 8 nitrogen and oxygen atoms in total.